The highest BCUT2D eigenvalue weighted by molar-refractivity contribution is 5.73. The third-order valence-electron chi connectivity index (χ3n) is 3.14. The van der Waals surface area contributed by atoms with Crippen LogP contribution in [0.1, 0.15) is 45.7 Å². The highest BCUT2D eigenvalue weighted by Crippen LogP contribution is 2.07. The Balaban J connectivity index is 2.22. The molecule has 1 amide bonds. The summed E-state index contributed by atoms with van der Waals surface area (Å²) in [5.41, 5.74) is 0.281. The molecule has 134 valence electrons. The molecule has 1 aromatic rings. The zero-order chi connectivity index (χ0) is 18.0. The normalized spacial score (nSPS) is 12.5. The van der Waals surface area contributed by atoms with E-state index < -0.39 is 23.7 Å². The molecule has 24 heavy (non-hydrogen) atoms. The van der Waals surface area contributed by atoms with Crippen molar-refractivity contribution in [2.24, 2.45) is 0 Å². The Bertz CT molecular complexity index is 514. The average molecular weight is 337 g/mol. The van der Waals surface area contributed by atoms with Crippen molar-refractivity contribution in [1.29, 1.82) is 0 Å². The first-order valence-electron chi connectivity index (χ1n) is 8.11. The molecule has 7 nitrogen and oxygen atoms in total. The van der Waals surface area contributed by atoms with Crippen LogP contribution >= 0.6 is 0 Å². The summed E-state index contributed by atoms with van der Waals surface area (Å²) in [6.07, 6.45) is 3.08. The minimum absolute atomic E-state index is 0.411. The summed E-state index contributed by atoms with van der Waals surface area (Å²) in [7, 11) is 0. The Morgan fingerprint density at radius 1 is 1.29 bits per heavy atom. The van der Waals surface area contributed by atoms with Crippen molar-refractivity contribution in [3.8, 4) is 0 Å². The maximum atomic E-state index is 11.5. The number of carboxylic acid groups (broad SMARTS) is 1. The summed E-state index contributed by atoms with van der Waals surface area (Å²) < 4.78 is 5.13. The topological polar surface area (TPSA) is 101 Å². The molecule has 0 aromatic carbocycles. The fourth-order valence-corrected chi connectivity index (χ4v) is 2.02. The molecule has 0 saturated carbocycles. The van der Waals surface area contributed by atoms with Crippen molar-refractivity contribution in [3.63, 3.8) is 0 Å². The van der Waals surface area contributed by atoms with Gasteiger partial charge in [0.05, 0.1) is 5.69 Å². The number of nitrogens with zero attached hydrogens (tertiary/aromatic N) is 1. The highest BCUT2D eigenvalue weighted by Gasteiger charge is 2.17. The van der Waals surface area contributed by atoms with Crippen LogP contribution < -0.4 is 10.6 Å². The van der Waals surface area contributed by atoms with Gasteiger partial charge in [0.25, 0.3) is 0 Å². The number of rotatable bonds is 9. The Morgan fingerprint density at radius 2 is 2.04 bits per heavy atom. The number of hydrogen-bond donors (Lipinski definition) is 3. The monoisotopic (exact) mass is 337 g/mol. The molecule has 3 N–H and O–H groups in total. The lowest BCUT2D eigenvalue weighted by atomic mass is 10.1. The number of aliphatic carboxylic acids is 1. The molecule has 7 heteroatoms. The molecule has 0 spiro atoms. The minimum atomic E-state index is -0.883. The number of carboxylic acids is 1. The van der Waals surface area contributed by atoms with Crippen LogP contribution in [0.5, 0.6) is 0 Å². The maximum absolute atomic E-state index is 11.5. The lowest BCUT2D eigenvalue weighted by Crippen LogP contribution is -2.36. The predicted molar refractivity (Wildman–Crippen MR) is 90.6 cm³/mol. The number of hydrogen-bond acceptors (Lipinski definition) is 5. The molecule has 0 aliphatic carbocycles. The third-order valence-corrected chi connectivity index (χ3v) is 3.14. The molecule has 0 aliphatic heterocycles. The second kappa shape index (κ2) is 9.87. The number of carbonyl (C=O) groups is 2. The molecule has 0 fully saturated rings. The van der Waals surface area contributed by atoms with E-state index in [2.05, 4.69) is 15.6 Å². The van der Waals surface area contributed by atoms with Gasteiger partial charge in [-0.3, -0.25) is 15.1 Å². The summed E-state index contributed by atoms with van der Waals surface area (Å²) in [6, 6.07) is 4.89. The van der Waals surface area contributed by atoms with E-state index in [0.717, 1.165) is 5.69 Å². The van der Waals surface area contributed by atoms with Crippen molar-refractivity contribution < 1.29 is 19.4 Å². The first-order chi connectivity index (χ1) is 11.3. The van der Waals surface area contributed by atoms with Gasteiger partial charge in [-0.25, -0.2) is 4.79 Å². The lowest BCUT2D eigenvalue weighted by molar-refractivity contribution is -0.139. The molecule has 0 saturated heterocycles. The largest absolute Gasteiger partial charge is 0.480 e. The van der Waals surface area contributed by atoms with Gasteiger partial charge >= 0.3 is 12.1 Å². The van der Waals surface area contributed by atoms with E-state index in [-0.39, 0.29) is 0 Å². The number of ether oxygens (including phenoxy) is 1. The third kappa shape index (κ3) is 9.09. The first kappa shape index (κ1) is 19.9. The molecule has 0 bridgehead atoms. The maximum Gasteiger partial charge on any atom is 0.407 e. The number of pyridine rings is 1. The van der Waals surface area contributed by atoms with Crippen molar-refractivity contribution in [1.82, 2.24) is 15.6 Å². The Labute approximate surface area is 142 Å². The van der Waals surface area contributed by atoms with Gasteiger partial charge in [0.2, 0.25) is 0 Å². The number of aromatic nitrogens is 1. The fourth-order valence-electron chi connectivity index (χ4n) is 2.02. The molecule has 1 rings (SSSR count). The number of unbranched alkanes of at least 4 members (excludes halogenated alkanes) is 1. The van der Waals surface area contributed by atoms with E-state index in [9.17, 15) is 14.7 Å². The van der Waals surface area contributed by atoms with Crippen LogP contribution in [-0.2, 0) is 16.1 Å². The first-order valence-corrected chi connectivity index (χ1v) is 8.11. The van der Waals surface area contributed by atoms with Crippen LogP contribution in [0.3, 0.4) is 0 Å². The molecule has 1 heterocycles. The van der Waals surface area contributed by atoms with Crippen LogP contribution in [0, 0.1) is 0 Å². The summed E-state index contributed by atoms with van der Waals surface area (Å²) in [6.45, 7) is 6.28. The molecule has 0 radical (unpaired) electrons. The zero-order valence-electron chi connectivity index (χ0n) is 14.5. The molecule has 0 aliphatic rings. The van der Waals surface area contributed by atoms with Gasteiger partial charge in [0.15, 0.2) is 0 Å². The molecule has 1 aromatic heterocycles. The van der Waals surface area contributed by atoms with Crippen molar-refractivity contribution >= 4 is 12.1 Å². The average Bonchev–Trinajstić information content (AvgIpc) is 2.48. The van der Waals surface area contributed by atoms with Gasteiger partial charge in [-0.05, 0) is 52.2 Å². The zero-order valence-corrected chi connectivity index (χ0v) is 14.5. The summed E-state index contributed by atoms with van der Waals surface area (Å²) >= 11 is 0. The van der Waals surface area contributed by atoms with Crippen molar-refractivity contribution in [3.05, 3.63) is 30.1 Å². The van der Waals surface area contributed by atoms with Gasteiger partial charge in [0.1, 0.15) is 11.6 Å². The number of nitrogens with one attached hydrogen (secondary N) is 2. The fraction of sp³-hybridized carbons (Fsp3) is 0.588. The van der Waals surface area contributed by atoms with E-state index in [4.69, 9.17) is 4.74 Å². The second-order valence-corrected chi connectivity index (χ2v) is 6.52. The van der Waals surface area contributed by atoms with Crippen LogP contribution in [0.4, 0.5) is 4.79 Å². The van der Waals surface area contributed by atoms with E-state index in [1.165, 1.54) is 0 Å². The van der Waals surface area contributed by atoms with Crippen LogP contribution in [-0.4, -0.2) is 40.3 Å². The standard InChI is InChI=1S/C17H27N3O4/c1-17(2,3)24-16(23)19-11-7-5-9-14(15(21)22)20-12-13-8-4-6-10-18-13/h4,6,8,10,14,20H,5,7,9,11-12H2,1-3H3,(H,19,23)(H,21,22)/t14-/m0/s1. The molecule has 0 unspecified atom stereocenters. The molecular formula is C17H27N3O4. The predicted octanol–water partition coefficient (Wildman–Crippen LogP) is 2.32. The van der Waals surface area contributed by atoms with Crippen molar-refractivity contribution in [2.75, 3.05) is 6.54 Å². The Hall–Kier alpha value is -2.15. The SMILES string of the molecule is CC(C)(C)OC(=O)NCCCC[C@H](NCc1ccccn1)C(=O)O. The van der Waals surface area contributed by atoms with Gasteiger partial charge in [-0.1, -0.05) is 6.07 Å². The van der Waals surface area contributed by atoms with Gasteiger partial charge in [0, 0.05) is 19.3 Å². The van der Waals surface area contributed by atoms with Crippen LogP contribution in [0.2, 0.25) is 0 Å². The lowest BCUT2D eigenvalue weighted by Gasteiger charge is -2.19. The smallest absolute Gasteiger partial charge is 0.407 e. The number of amides is 1. The highest BCUT2D eigenvalue weighted by atomic mass is 16.6. The van der Waals surface area contributed by atoms with Crippen LogP contribution in [0.15, 0.2) is 24.4 Å². The van der Waals surface area contributed by atoms with E-state index in [1.807, 2.05) is 18.2 Å². The molecule has 1 atom stereocenters. The van der Waals surface area contributed by atoms with Crippen molar-refractivity contribution in [2.45, 2.75) is 58.2 Å². The quantitative estimate of drug-likeness (QED) is 0.598. The van der Waals surface area contributed by atoms with Crippen LogP contribution in [0.25, 0.3) is 0 Å². The number of carbonyl (C=O) groups excluding carboxylic acids is 1. The molecular weight excluding hydrogens is 310 g/mol. The van der Waals surface area contributed by atoms with Gasteiger partial charge < -0.3 is 15.2 Å². The van der Waals surface area contributed by atoms with Gasteiger partial charge in [-0.15, -0.1) is 0 Å². The summed E-state index contributed by atoms with van der Waals surface area (Å²) in [5.74, 6) is -0.883. The minimum Gasteiger partial charge on any atom is -0.480 e. The van der Waals surface area contributed by atoms with Gasteiger partial charge in [-0.2, -0.15) is 0 Å². The van der Waals surface area contributed by atoms with E-state index in [1.54, 1.807) is 27.0 Å². The Morgan fingerprint density at radius 3 is 2.62 bits per heavy atom. The van der Waals surface area contributed by atoms with E-state index in [0.29, 0.717) is 32.4 Å². The summed E-state index contributed by atoms with van der Waals surface area (Å²) in [5, 5.41) is 14.9. The number of alkyl carbamates (subject to hydrolysis) is 1. The van der Waals surface area contributed by atoms with E-state index >= 15 is 0 Å². The second-order valence-electron chi connectivity index (χ2n) is 6.52. The summed E-state index contributed by atoms with van der Waals surface area (Å²) in [4.78, 5) is 26.9. The Kier molecular flexibility index (Phi) is 8.18.